The Hall–Kier alpha value is -2.41. The Labute approximate surface area is 139 Å². The number of aryl methyl sites for hydroxylation is 1. The van der Waals surface area contributed by atoms with Crippen molar-refractivity contribution in [2.75, 3.05) is 19.7 Å². The first-order valence-corrected chi connectivity index (χ1v) is 8.04. The molecule has 1 spiro atoms. The van der Waals surface area contributed by atoms with Crippen molar-refractivity contribution in [3.05, 3.63) is 42.2 Å². The van der Waals surface area contributed by atoms with E-state index in [0.717, 1.165) is 18.5 Å². The van der Waals surface area contributed by atoms with E-state index in [4.69, 9.17) is 13.9 Å². The number of hydrogen-bond acceptors (Lipinski definition) is 6. The second-order valence-electron chi connectivity index (χ2n) is 6.44. The Balaban J connectivity index is 1.37. The molecular formula is C17H19N3O4. The summed E-state index contributed by atoms with van der Waals surface area (Å²) in [5.74, 6) is 0.522. The first-order valence-electron chi connectivity index (χ1n) is 8.04. The zero-order chi connectivity index (χ0) is 16.6. The van der Waals surface area contributed by atoms with E-state index in [1.807, 2.05) is 6.92 Å². The monoisotopic (exact) mass is 329 g/mol. The van der Waals surface area contributed by atoms with Gasteiger partial charge in [-0.1, -0.05) is 0 Å². The molecule has 2 aliphatic rings. The number of hydrogen-bond donors (Lipinski definition) is 0. The third kappa shape index (κ3) is 2.87. The summed E-state index contributed by atoms with van der Waals surface area (Å²) >= 11 is 0. The molecule has 4 heterocycles. The molecule has 2 saturated heterocycles. The number of ether oxygens (including phenoxy) is 2. The molecule has 0 saturated carbocycles. The Kier molecular flexibility index (Phi) is 3.72. The zero-order valence-electron chi connectivity index (χ0n) is 13.5. The highest BCUT2D eigenvalue weighted by Gasteiger charge is 2.50. The summed E-state index contributed by atoms with van der Waals surface area (Å²) in [5.41, 5.74) is 1.10. The fourth-order valence-electron chi connectivity index (χ4n) is 3.33. The smallest absolute Gasteiger partial charge is 0.257 e. The molecule has 0 aromatic carbocycles. The van der Waals surface area contributed by atoms with Crippen LogP contribution in [0.2, 0.25) is 0 Å². The summed E-state index contributed by atoms with van der Waals surface area (Å²) < 4.78 is 16.9. The van der Waals surface area contributed by atoms with Crippen molar-refractivity contribution in [1.29, 1.82) is 0 Å². The summed E-state index contributed by atoms with van der Waals surface area (Å²) in [7, 11) is 0. The molecule has 7 heteroatoms. The third-order valence-electron chi connectivity index (χ3n) is 4.48. The number of furan rings is 1. The van der Waals surface area contributed by atoms with Crippen LogP contribution in [-0.4, -0.2) is 52.2 Å². The molecule has 1 amide bonds. The predicted octanol–water partition coefficient (Wildman–Crippen LogP) is 1.83. The lowest BCUT2D eigenvalue weighted by molar-refractivity contribution is -0.174. The molecule has 0 aliphatic carbocycles. The molecule has 2 fully saturated rings. The molecule has 1 unspecified atom stereocenters. The van der Waals surface area contributed by atoms with Crippen LogP contribution >= 0.6 is 0 Å². The topological polar surface area (TPSA) is 77.7 Å². The summed E-state index contributed by atoms with van der Waals surface area (Å²) in [6, 6.07) is 1.68. The van der Waals surface area contributed by atoms with E-state index in [2.05, 4.69) is 9.97 Å². The summed E-state index contributed by atoms with van der Waals surface area (Å²) in [5, 5.41) is 0. The van der Waals surface area contributed by atoms with Gasteiger partial charge in [0.15, 0.2) is 0 Å². The van der Waals surface area contributed by atoms with E-state index in [0.29, 0.717) is 31.1 Å². The van der Waals surface area contributed by atoms with Crippen LogP contribution in [0.4, 0.5) is 0 Å². The van der Waals surface area contributed by atoms with Gasteiger partial charge in [0.2, 0.25) is 5.88 Å². The van der Waals surface area contributed by atoms with E-state index >= 15 is 0 Å². The van der Waals surface area contributed by atoms with Gasteiger partial charge in [0.25, 0.3) is 5.91 Å². The van der Waals surface area contributed by atoms with Gasteiger partial charge in [-0.2, -0.15) is 0 Å². The van der Waals surface area contributed by atoms with Crippen molar-refractivity contribution in [2.45, 2.75) is 31.5 Å². The second-order valence-corrected chi connectivity index (χ2v) is 6.44. The van der Waals surface area contributed by atoms with Gasteiger partial charge in [-0.05, 0) is 13.0 Å². The Morgan fingerprint density at radius 3 is 3.04 bits per heavy atom. The van der Waals surface area contributed by atoms with Gasteiger partial charge in [-0.15, -0.1) is 0 Å². The summed E-state index contributed by atoms with van der Waals surface area (Å²) in [4.78, 5) is 22.5. The van der Waals surface area contributed by atoms with Crippen LogP contribution in [0.5, 0.6) is 5.88 Å². The molecule has 1 atom stereocenters. The van der Waals surface area contributed by atoms with Crippen LogP contribution in [0.15, 0.2) is 35.4 Å². The van der Waals surface area contributed by atoms with Crippen molar-refractivity contribution < 1.29 is 18.7 Å². The zero-order valence-corrected chi connectivity index (χ0v) is 13.5. The van der Waals surface area contributed by atoms with Crippen molar-refractivity contribution >= 4 is 5.91 Å². The number of nitrogens with zero attached hydrogens (tertiary/aromatic N) is 3. The maximum absolute atomic E-state index is 12.3. The Morgan fingerprint density at radius 1 is 1.42 bits per heavy atom. The summed E-state index contributed by atoms with van der Waals surface area (Å²) in [6.45, 7) is 3.67. The number of carbonyl (C=O) groups excluding carboxylic acids is 1. The normalized spacial score (nSPS) is 22.2. The number of likely N-dealkylation sites (tertiary alicyclic amines) is 1. The third-order valence-corrected chi connectivity index (χ3v) is 4.48. The lowest BCUT2D eigenvalue weighted by atomic mass is 9.84. The Bertz CT molecular complexity index is 725. The van der Waals surface area contributed by atoms with Crippen molar-refractivity contribution in [3.63, 3.8) is 0 Å². The van der Waals surface area contributed by atoms with Crippen molar-refractivity contribution in [2.24, 2.45) is 0 Å². The Morgan fingerprint density at radius 2 is 2.29 bits per heavy atom. The number of rotatable bonds is 3. The fraction of sp³-hybridized carbons (Fsp3) is 0.471. The SMILES string of the molecule is Cc1cncc(OC2CCOC3(C2)CN(C(=O)c2ccoc2)C3)n1. The van der Waals surface area contributed by atoms with Crippen LogP contribution in [0, 0.1) is 6.92 Å². The van der Waals surface area contributed by atoms with E-state index in [1.165, 1.54) is 12.5 Å². The maximum atomic E-state index is 12.3. The number of aromatic nitrogens is 2. The average Bonchev–Trinajstić information content (AvgIpc) is 3.06. The summed E-state index contributed by atoms with van der Waals surface area (Å²) in [6.07, 6.45) is 7.89. The molecule has 7 nitrogen and oxygen atoms in total. The first-order chi connectivity index (χ1) is 11.6. The minimum Gasteiger partial charge on any atom is -0.473 e. The van der Waals surface area contributed by atoms with Crippen LogP contribution in [0.25, 0.3) is 0 Å². The van der Waals surface area contributed by atoms with Gasteiger partial charge >= 0.3 is 0 Å². The minimum atomic E-state index is -0.306. The molecule has 2 aliphatic heterocycles. The highest BCUT2D eigenvalue weighted by molar-refractivity contribution is 5.94. The number of carbonyl (C=O) groups is 1. The van der Waals surface area contributed by atoms with E-state index in [1.54, 1.807) is 23.4 Å². The molecule has 126 valence electrons. The standard InChI is InChI=1S/C17H19N3O4/c1-12-7-18-8-15(19-12)24-14-3-5-23-17(6-14)10-20(11-17)16(21)13-2-4-22-9-13/h2,4,7-9,14H,3,5-6,10-11H2,1H3. The minimum absolute atomic E-state index is 0.0226. The molecule has 24 heavy (non-hydrogen) atoms. The van der Waals surface area contributed by atoms with Gasteiger partial charge in [-0.3, -0.25) is 9.78 Å². The van der Waals surface area contributed by atoms with Crippen LogP contribution in [0.1, 0.15) is 28.9 Å². The lowest BCUT2D eigenvalue weighted by Crippen LogP contribution is -2.67. The average molecular weight is 329 g/mol. The fourth-order valence-corrected chi connectivity index (χ4v) is 3.33. The molecule has 4 rings (SSSR count). The quantitative estimate of drug-likeness (QED) is 0.855. The van der Waals surface area contributed by atoms with Gasteiger partial charge < -0.3 is 18.8 Å². The lowest BCUT2D eigenvalue weighted by Gasteiger charge is -2.52. The van der Waals surface area contributed by atoms with E-state index in [-0.39, 0.29) is 17.6 Å². The highest BCUT2D eigenvalue weighted by atomic mass is 16.5. The number of amides is 1. The largest absolute Gasteiger partial charge is 0.473 e. The van der Waals surface area contributed by atoms with Gasteiger partial charge in [0, 0.05) is 19.0 Å². The molecule has 2 aromatic rings. The van der Waals surface area contributed by atoms with Gasteiger partial charge in [0.1, 0.15) is 18.0 Å². The van der Waals surface area contributed by atoms with Crippen LogP contribution in [-0.2, 0) is 4.74 Å². The maximum Gasteiger partial charge on any atom is 0.257 e. The van der Waals surface area contributed by atoms with Crippen LogP contribution in [0.3, 0.4) is 0 Å². The molecule has 0 radical (unpaired) electrons. The van der Waals surface area contributed by atoms with Crippen LogP contribution < -0.4 is 4.74 Å². The van der Waals surface area contributed by atoms with Crippen molar-refractivity contribution in [1.82, 2.24) is 14.9 Å². The highest BCUT2D eigenvalue weighted by Crippen LogP contribution is 2.36. The molecule has 2 aromatic heterocycles. The molecule has 0 bridgehead atoms. The molecular weight excluding hydrogens is 310 g/mol. The first kappa shape index (κ1) is 15.1. The van der Waals surface area contributed by atoms with Crippen molar-refractivity contribution in [3.8, 4) is 5.88 Å². The van der Waals surface area contributed by atoms with E-state index in [9.17, 15) is 4.79 Å². The second kappa shape index (κ2) is 5.90. The van der Waals surface area contributed by atoms with Gasteiger partial charge in [-0.25, -0.2) is 4.98 Å². The molecule has 0 N–H and O–H groups in total. The van der Waals surface area contributed by atoms with E-state index < -0.39 is 0 Å². The predicted molar refractivity (Wildman–Crippen MR) is 83.7 cm³/mol. The van der Waals surface area contributed by atoms with Gasteiger partial charge in [0.05, 0.1) is 43.4 Å².